The van der Waals surface area contributed by atoms with Gasteiger partial charge in [0.15, 0.2) is 0 Å². The van der Waals surface area contributed by atoms with Crippen LogP contribution in [0, 0.1) is 11.3 Å². The maximum atomic E-state index is 9.87. The van der Waals surface area contributed by atoms with E-state index in [0.717, 1.165) is 17.8 Å². The van der Waals surface area contributed by atoms with Gasteiger partial charge in [0.1, 0.15) is 0 Å². The summed E-state index contributed by atoms with van der Waals surface area (Å²) >= 11 is 0. The molecule has 0 saturated heterocycles. The number of aliphatic hydroxyl groups excluding tert-OH is 1. The summed E-state index contributed by atoms with van der Waals surface area (Å²) in [6, 6.07) is 17.6. The second kappa shape index (κ2) is 6.23. The molecule has 0 aromatic heterocycles. The van der Waals surface area contributed by atoms with Crippen molar-refractivity contribution in [3.05, 3.63) is 65.2 Å². The second-order valence-corrected chi connectivity index (χ2v) is 4.90. The fourth-order valence-corrected chi connectivity index (χ4v) is 2.24. The number of hydrogen-bond donors (Lipinski definition) is 1. The number of nitriles is 1. The summed E-state index contributed by atoms with van der Waals surface area (Å²) in [5.41, 5.74) is 3.52. The van der Waals surface area contributed by atoms with Crippen LogP contribution in [0.2, 0.25) is 0 Å². The van der Waals surface area contributed by atoms with Crippen LogP contribution in [0.4, 0.5) is 5.69 Å². The van der Waals surface area contributed by atoms with Gasteiger partial charge in [-0.15, -0.1) is 0 Å². The third-order valence-corrected chi connectivity index (χ3v) is 3.28. The fraction of sp³-hybridized carbons (Fsp3) is 0.235. The highest BCUT2D eigenvalue weighted by Gasteiger charge is 2.13. The molecule has 0 fully saturated rings. The van der Waals surface area contributed by atoms with Gasteiger partial charge in [-0.3, -0.25) is 0 Å². The Morgan fingerprint density at radius 3 is 2.50 bits per heavy atom. The zero-order valence-corrected chi connectivity index (χ0v) is 11.7. The standard InChI is InChI=1S/C17H18N2O/c1-13(20)16-9-8-15(11-18)10-17(16)19(2)12-14-6-4-3-5-7-14/h3-10,13,20H,12H2,1-2H3/t13-/m0/s1. The summed E-state index contributed by atoms with van der Waals surface area (Å²) in [4.78, 5) is 2.05. The molecule has 2 aromatic carbocycles. The molecule has 1 N–H and O–H groups in total. The molecule has 0 spiro atoms. The molecule has 0 aliphatic carbocycles. The van der Waals surface area contributed by atoms with Crippen molar-refractivity contribution in [3.63, 3.8) is 0 Å². The van der Waals surface area contributed by atoms with Crippen LogP contribution in [0.5, 0.6) is 0 Å². The van der Waals surface area contributed by atoms with E-state index in [-0.39, 0.29) is 0 Å². The largest absolute Gasteiger partial charge is 0.389 e. The first-order valence-electron chi connectivity index (χ1n) is 6.59. The number of hydrogen-bond acceptors (Lipinski definition) is 3. The first-order chi connectivity index (χ1) is 9.61. The van der Waals surface area contributed by atoms with Crippen LogP contribution in [-0.2, 0) is 6.54 Å². The van der Waals surface area contributed by atoms with Crippen LogP contribution in [0.3, 0.4) is 0 Å². The van der Waals surface area contributed by atoms with E-state index in [9.17, 15) is 5.11 Å². The molecule has 20 heavy (non-hydrogen) atoms. The fourth-order valence-electron chi connectivity index (χ4n) is 2.24. The molecule has 0 aliphatic rings. The van der Waals surface area contributed by atoms with Crippen LogP contribution in [0.1, 0.15) is 29.7 Å². The summed E-state index contributed by atoms with van der Waals surface area (Å²) in [6.07, 6.45) is -0.559. The SMILES string of the molecule is C[C@H](O)c1ccc(C#N)cc1N(C)Cc1ccccc1. The van der Waals surface area contributed by atoms with Crippen molar-refractivity contribution in [1.82, 2.24) is 0 Å². The highest BCUT2D eigenvalue weighted by atomic mass is 16.3. The zero-order chi connectivity index (χ0) is 14.5. The van der Waals surface area contributed by atoms with Crippen molar-refractivity contribution in [2.75, 3.05) is 11.9 Å². The average Bonchev–Trinajstić information content (AvgIpc) is 2.47. The molecule has 1 atom stereocenters. The Bertz CT molecular complexity index is 615. The Balaban J connectivity index is 2.32. The minimum Gasteiger partial charge on any atom is -0.389 e. The van der Waals surface area contributed by atoms with Crippen LogP contribution in [0.15, 0.2) is 48.5 Å². The normalized spacial score (nSPS) is 11.7. The Morgan fingerprint density at radius 1 is 1.20 bits per heavy atom. The van der Waals surface area contributed by atoms with Gasteiger partial charge in [-0.25, -0.2) is 0 Å². The quantitative estimate of drug-likeness (QED) is 0.924. The minimum absolute atomic E-state index is 0.559. The summed E-state index contributed by atoms with van der Waals surface area (Å²) < 4.78 is 0. The summed E-state index contributed by atoms with van der Waals surface area (Å²) in [6.45, 7) is 2.47. The molecule has 0 aliphatic heterocycles. The number of nitrogens with zero attached hydrogens (tertiary/aromatic N) is 2. The van der Waals surface area contributed by atoms with Crippen LogP contribution >= 0.6 is 0 Å². The molecule has 102 valence electrons. The van der Waals surface area contributed by atoms with Gasteiger partial charge in [0.05, 0.1) is 17.7 Å². The smallest absolute Gasteiger partial charge is 0.0992 e. The van der Waals surface area contributed by atoms with E-state index in [1.807, 2.05) is 37.4 Å². The predicted molar refractivity (Wildman–Crippen MR) is 80.3 cm³/mol. The molecule has 0 bridgehead atoms. The Labute approximate surface area is 119 Å². The molecule has 2 rings (SSSR count). The lowest BCUT2D eigenvalue weighted by Crippen LogP contribution is -2.18. The average molecular weight is 266 g/mol. The van der Waals surface area contributed by atoms with Crippen molar-refractivity contribution in [2.24, 2.45) is 0 Å². The maximum absolute atomic E-state index is 9.87. The maximum Gasteiger partial charge on any atom is 0.0992 e. The zero-order valence-electron chi connectivity index (χ0n) is 11.7. The van der Waals surface area contributed by atoms with Gasteiger partial charge in [0.25, 0.3) is 0 Å². The van der Waals surface area contributed by atoms with Crippen LogP contribution < -0.4 is 4.90 Å². The molecular weight excluding hydrogens is 248 g/mol. The first-order valence-corrected chi connectivity index (χ1v) is 6.59. The lowest BCUT2D eigenvalue weighted by atomic mass is 10.0. The van der Waals surface area contributed by atoms with Crippen LogP contribution in [-0.4, -0.2) is 12.2 Å². The lowest BCUT2D eigenvalue weighted by molar-refractivity contribution is 0.199. The van der Waals surface area contributed by atoms with Crippen molar-refractivity contribution in [2.45, 2.75) is 19.6 Å². The van der Waals surface area contributed by atoms with Gasteiger partial charge < -0.3 is 10.0 Å². The first kappa shape index (κ1) is 14.1. The monoisotopic (exact) mass is 266 g/mol. The van der Waals surface area contributed by atoms with E-state index in [1.54, 1.807) is 13.0 Å². The highest BCUT2D eigenvalue weighted by Crippen LogP contribution is 2.27. The third-order valence-electron chi connectivity index (χ3n) is 3.28. The Hall–Kier alpha value is -2.31. The van der Waals surface area contributed by atoms with E-state index >= 15 is 0 Å². The molecule has 0 heterocycles. The molecule has 3 heteroatoms. The highest BCUT2D eigenvalue weighted by molar-refractivity contribution is 5.58. The molecule has 0 saturated carbocycles. The molecular formula is C17H18N2O. The topological polar surface area (TPSA) is 47.3 Å². The summed E-state index contributed by atoms with van der Waals surface area (Å²) in [5.74, 6) is 0. The van der Waals surface area contributed by atoms with Crippen molar-refractivity contribution >= 4 is 5.69 Å². The van der Waals surface area contributed by atoms with Crippen molar-refractivity contribution < 1.29 is 5.11 Å². The molecule has 0 amide bonds. The van der Waals surface area contributed by atoms with E-state index in [2.05, 4.69) is 23.1 Å². The predicted octanol–water partition coefficient (Wildman–Crippen LogP) is 3.25. The molecule has 0 radical (unpaired) electrons. The number of aliphatic hydroxyl groups is 1. The molecule has 0 unspecified atom stereocenters. The number of anilines is 1. The van der Waals surface area contributed by atoms with Gasteiger partial charge in [-0.05, 0) is 24.6 Å². The third kappa shape index (κ3) is 3.17. The Kier molecular flexibility index (Phi) is 4.39. The van der Waals surface area contributed by atoms with Gasteiger partial charge in [-0.2, -0.15) is 5.26 Å². The van der Waals surface area contributed by atoms with Crippen molar-refractivity contribution in [3.8, 4) is 6.07 Å². The molecule has 3 nitrogen and oxygen atoms in total. The minimum atomic E-state index is -0.559. The molecule has 2 aromatic rings. The van der Waals surface area contributed by atoms with Crippen molar-refractivity contribution in [1.29, 1.82) is 5.26 Å². The lowest BCUT2D eigenvalue weighted by Gasteiger charge is -2.24. The van der Waals surface area contributed by atoms with E-state index < -0.39 is 6.10 Å². The van der Waals surface area contributed by atoms with Crippen LogP contribution in [0.25, 0.3) is 0 Å². The van der Waals surface area contributed by atoms with Gasteiger partial charge in [0.2, 0.25) is 0 Å². The van der Waals surface area contributed by atoms with Gasteiger partial charge >= 0.3 is 0 Å². The number of rotatable bonds is 4. The Morgan fingerprint density at radius 2 is 1.90 bits per heavy atom. The summed E-state index contributed by atoms with van der Waals surface area (Å²) in [7, 11) is 1.97. The summed E-state index contributed by atoms with van der Waals surface area (Å²) in [5, 5.41) is 18.9. The number of benzene rings is 2. The van der Waals surface area contributed by atoms with E-state index in [1.165, 1.54) is 5.56 Å². The van der Waals surface area contributed by atoms with E-state index in [0.29, 0.717) is 5.56 Å². The van der Waals surface area contributed by atoms with E-state index in [4.69, 9.17) is 5.26 Å². The van der Waals surface area contributed by atoms with Gasteiger partial charge in [-0.1, -0.05) is 36.4 Å². The second-order valence-electron chi connectivity index (χ2n) is 4.90. The van der Waals surface area contributed by atoms with Gasteiger partial charge in [0, 0.05) is 24.8 Å².